The highest BCUT2D eigenvalue weighted by Crippen LogP contribution is 2.40. The van der Waals surface area contributed by atoms with Gasteiger partial charge in [0.25, 0.3) is 0 Å². The van der Waals surface area contributed by atoms with Crippen LogP contribution in [0.1, 0.15) is 64.5 Å². The lowest BCUT2D eigenvalue weighted by Crippen LogP contribution is -2.58. The first-order chi connectivity index (χ1) is 30.2. The number of aliphatic hydroxyl groups excluding tert-OH is 2. The Morgan fingerprint density at radius 3 is 1.28 bits per heavy atom. The largest absolute Gasteiger partial charge is 0.485 e. The summed E-state index contributed by atoms with van der Waals surface area (Å²) in [7, 11) is 0. The Bertz CT molecular complexity index is 2420. The van der Waals surface area contributed by atoms with Crippen LogP contribution in [-0.2, 0) is 0 Å². The molecule has 6 heterocycles. The lowest BCUT2D eigenvalue weighted by Gasteiger charge is -2.43. The van der Waals surface area contributed by atoms with Crippen LogP contribution in [0.2, 0.25) is 0 Å². The molecule has 0 amide bonds. The standard InChI is InChI=1S/2C24H29N3O4.2ClH.H2O/c2*1-2-24(16-30-20-9-5-6-10-21(20)31-24)22(28)15-26-13-11-17(12-14-26)27-19-8-4-3-7-18(19)25-23(27)29;;;/h2*3-10,17,22,28H,2,11-16H2,1H3,(H,25,29);2*1H;1H2. The lowest BCUT2D eigenvalue weighted by atomic mass is 9.91. The molecule has 4 aliphatic rings. The number of rotatable bonds is 10. The normalized spacial score (nSPS) is 22.1. The van der Waals surface area contributed by atoms with E-state index in [0.29, 0.717) is 50.6 Å². The van der Waals surface area contributed by atoms with Crippen LogP contribution in [0.25, 0.3) is 22.1 Å². The minimum Gasteiger partial charge on any atom is -0.485 e. The number of nitrogens with zero attached hydrogens (tertiary/aromatic N) is 4. The van der Waals surface area contributed by atoms with E-state index in [0.717, 1.165) is 85.4 Å². The number of likely N-dealkylation sites (tertiary alicyclic amines) is 2. The molecule has 2 saturated heterocycles. The van der Waals surface area contributed by atoms with E-state index in [1.807, 2.05) is 120 Å². The molecule has 0 saturated carbocycles. The fourth-order valence-electron chi connectivity index (χ4n) is 9.77. The molecule has 0 bridgehead atoms. The molecule has 0 aliphatic carbocycles. The van der Waals surface area contributed by atoms with Crippen LogP contribution < -0.4 is 30.3 Å². The summed E-state index contributed by atoms with van der Waals surface area (Å²) in [5.41, 5.74) is 2.09. The van der Waals surface area contributed by atoms with E-state index in [9.17, 15) is 19.8 Å². The van der Waals surface area contributed by atoms with Gasteiger partial charge in [-0.1, -0.05) is 62.4 Å². The number of hydrogen-bond donors (Lipinski definition) is 4. The molecule has 4 aromatic carbocycles. The SMILES string of the molecule is CCC1(C(O)CN2CCC(n3c(=O)[nH]c4ccccc43)CC2)COc2ccccc2O1.CCC1(C(O)CN2CCC(n3c(=O)[nH]c4ccccc43)CC2)COc2ccccc2O1.Cl.Cl.O. The molecule has 4 atom stereocenters. The van der Waals surface area contributed by atoms with Crippen LogP contribution in [0.5, 0.6) is 23.0 Å². The van der Waals surface area contributed by atoms with Gasteiger partial charge >= 0.3 is 11.4 Å². The van der Waals surface area contributed by atoms with Crippen molar-refractivity contribution in [1.82, 2.24) is 28.9 Å². The molecule has 10 rings (SSSR count). The average Bonchev–Trinajstić information content (AvgIpc) is 3.84. The quantitative estimate of drug-likeness (QED) is 0.128. The summed E-state index contributed by atoms with van der Waals surface area (Å²) in [5.74, 6) is 2.83. The van der Waals surface area contributed by atoms with Crippen molar-refractivity contribution >= 4 is 46.9 Å². The highest BCUT2D eigenvalue weighted by Gasteiger charge is 2.45. The molecule has 0 radical (unpaired) electrons. The fourth-order valence-corrected chi connectivity index (χ4v) is 9.77. The number of aromatic nitrogens is 4. The minimum absolute atomic E-state index is 0. The fraction of sp³-hybridized carbons (Fsp3) is 0.458. The second-order valence-corrected chi connectivity index (χ2v) is 17.2. The van der Waals surface area contributed by atoms with Crippen LogP contribution in [0.15, 0.2) is 107 Å². The van der Waals surface area contributed by atoms with Crippen LogP contribution in [0.3, 0.4) is 0 Å². The van der Waals surface area contributed by atoms with E-state index >= 15 is 0 Å². The van der Waals surface area contributed by atoms with Gasteiger partial charge in [0.2, 0.25) is 0 Å². The van der Waals surface area contributed by atoms with Gasteiger partial charge in [-0.05, 0) is 87.1 Å². The first-order valence-corrected chi connectivity index (χ1v) is 22.2. The smallest absolute Gasteiger partial charge is 0.326 e. The van der Waals surface area contributed by atoms with E-state index < -0.39 is 23.4 Å². The Kier molecular flexibility index (Phi) is 16.0. The summed E-state index contributed by atoms with van der Waals surface area (Å²) in [6.45, 7) is 9.06. The number of fused-ring (bicyclic) bond motifs is 4. The molecule has 4 unspecified atom stereocenters. The number of aliphatic hydroxyl groups is 2. The Labute approximate surface area is 390 Å². The second kappa shape index (κ2) is 21.1. The molecule has 6 aromatic rings. The molecule has 65 heavy (non-hydrogen) atoms. The number of benzene rings is 4. The van der Waals surface area contributed by atoms with Crippen molar-refractivity contribution in [2.24, 2.45) is 0 Å². The van der Waals surface area contributed by atoms with E-state index in [1.54, 1.807) is 0 Å². The van der Waals surface area contributed by atoms with E-state index in [1.165, 1.54) is 0 Å². The monoisotopic (exact) mass is 936 g/mol. The van der Waals surface area contributed by atoms with Gasteiger partial charge < -0.3 is 54.4 Å². The van der Waals surface area contributed by atoms with Crippen LogP contribution in [0, 0.1) is 0 Å². The van der Waals surface area contributed by atoms with Crippen molar-refractivity contribution in [2.75, 3.05) is 52.5 Å². The lowest BCUT2D eigenvalue weighted by molar-refractivity contribution is -0.108. The third kappa shape index (κ3) is 9.92. The van der Waals surface area contributed by atoms with Gasteiger partial charge in [-0.3, -0.25) is 9.13 Å². The van der Waals surface area contributed by atoms with Crippen LogP contribution >= 0.6 is 24.8 Å². The Balaban J connectivity index is 0.000000206. The van der Waals surface area contributed by atoms with Crippen molar-refractivity contribution in [2.45, 2.75) is 87.9 Å². The van der Waals surface area contributed by atoms with Crippen molar-refractivity contribution in [3.05, 3.63) is 118 Å². The second-order valence-electron chi connectivity index (χ2n) is 17.2. The molecular weight excluding hydrogens is 875 g/mol. The third-order valence-electron chi connectivity index (χ3n) is 13.6. The molecule has 6 N–H and O–H groups in total. The number of hydrogen-bond acceptors (Lipinski definition) is 10. The summed E-state index contributed by atoms with van der Waals surface area (Å²) in [6.07, 6.45) is 3.45. The zero-order valence-corrected chi connectivity index (χ0v) is 38.5. The topological polar surface area (TPSA) is 191 Å². The van der Waals surface area contributed by atoms with Crippen molar-refractivity contribution < 1.29 is 34.6 Å². The predicted octanol–water partition coefficient (Wildman–Crippen LogP) is 5.91. The van der Waals surface area contributed by atoms with Crippen molar-refractivity contribution in [3.63, 3.8) is 0 Å². The van der Waals surface area contributed by atoms with E-state index in [-0.39, 0.29) is 53.8 Å². The van der Waals surface area contributed by atoms with Gasteiger partial charge in [0.15, 0.2) is 34.2 Å². The maximum absolute atomic E-state index is 12.5. The summed E-state index contributed by atoms with van der Waals surface area (Å²) < 4.78 is 28.1. The maximum atomic E-state index is 12.5. The van der Waals surface area contributed by atoms with Gasteiger partial charge in [-0.2, -0.15) is 0 Å². The van der Waals surface area contributed by atoms with Gasteiger partial charge in [-0.15, -0.1) is 24.8 Å². The zero-order chi connectivity index (χ0) is 42.8. The van der Waals surface area contributed by atoms with E-state index in [2.05, 4.69) is 19.8 Å². The highest BCUT2D eigenvalue weighted by atomic mass is 35.5. The van der Waals surface area contributed by atoms with Gasteiger partial charge in [0.05, 0.1) is 22.1 Å². The molecule has 0 spiro atoms. The maximum Gasteiger partial charge on any atom is 0.326 e. The molecule has 4 aliphatic heterocycles. The van der Waals surface area contributed by atoms with Crippen molar-refractivity contribution in [1.29, 1.82) is 0 Å². The van der Waals surface area contributed by atoms with Crippen molar-refractivity contribution in [3.8, 4) is 23.0 Å². The van der Waals surface area contributed by atoms with Crippen LogP contribution in [-0.4, -0.2) is 120 Å². The average molecular weight is 938 g/mol. The van der Waals surface area contributed by atoms with E-state index in [4.69, 9.17) is 18.9 Å². The number of β-amino-alcohol motifs (C(OH)–C–C–N with tert-alkyl or cyclic N) is 2. The Hall–Kier alpha value is -5.00. The molecule has 17 heteroatoms. The summed E-state index contributed by atoms with van der Waals surface area (Å²) >= 11 is 0. The van der Waals surface area contributed by atoms with Gasteiger partial charge in [-0.25, -0.2) is 9.59 Å². The Morgan fingerprint density at radius 2 is 0.908 bits per heavy atom. The zero-order valence-electron chi connectivity index (χ0n) is 36.9. The molecule has 2 fully saturated rings. The van der Waals surface area contributed by atoms with Gasteiger partial charge in [0.1, 0.15) is 25.4 Å². The molecule has 352 valence electrons. The Morgan fingerprint density at radius 1 is 0.569 bits per heavy atom. The number of nitrogens with one attached hydrogen (secondary N) is 2. The number of ether oxygens (including phenoxy) is 4. The molecule has 2 aromatic heterocycles. The first kappa shape index (κ1) is 49.4. The number of para-hydroxylation sites is 8. The number of piperidine rings is 2. The first-order valence-electron chi connectivity index (χ1n) is 22.2. The molecular formula is C48H62Cl2N6O9. The highest BCUT2D eigenvalue weighted by molar-refractivity contribution is 5.85. The summed E-state index contributed by atoms with van der Waals surface area (Å²) in [4.78, 5) is 35.5. The number of imidazole rings is 2. The minimum atomic E-state index is -0.751. The molecule has 15 nitrogen and oxygen atoms in total. The summed E-state index contributed by atoms with van der Waals surface area (Å²) in [5, 5.41) is 22.3. The predicted molar refractivity (Wildman–Crippen MR) is 256 cm³/mol. The third-order valence-corrected chi connectivity index (χ3v) is 13.6. The number of aromatic amines is 2. The summed E-state index contributed by atoms with van der Waals surface area (Å²) in [6, 6.07) is 31.2. The van der Waals surface area contributed by atoms with Crippen LogP contribution in [0.4, 0.5) is 0 Å². The number of H-pyrrole nitrogens is 2. The van der Waals surface area contributed by atoms with Gasteiger partial charge in [0, 0.05) is 51.4 Å². The number of halogens is 2.